The van der Waals surface area contributed by atoms with Crippen LogP contribution in [-0.4, -0.2) is 51.6 Å². The zero-order valence-electron chi connectivity index (χ0n) is 22.2. The first kappa shape index (κ1) is 29.5. The van der Waals surface area contributed by atoms with E-state index in [1.165, 1.54) is 23.3 Å². The van der Waals surface area contributed by atoms with Gasteiger partial charge in [0.15, 0.2) is 5.76 Å². The van der Waals surface area contributed by atoms with E-state index < -0.39 is 32.7 Å². The second-order valence-electron chi connectivity index (χ2n) is 9.33. The maximum atomic E-state index is 13.3. The van der Waals surface area contributed by atoms with E-state index in [0.717, 1.165) is 31.0 Å². The van der Waals surface area contributed by atoms with E-state index in [9.17, 15) is 26.4 Å². The van der Waals surface area contributed by atoms with Crippen LogP contribution in [0.5, 0.6) is 5.75 Å². The molecule has 0 saturated carbocycles. The summed E-state index contributed by atoms with van der Waals surface area (Å²) in [6.45, 7) is 5.87. The van der Waals surface area contributed by atoms with E-state index in [2.05, 4.69) is 0 Å². The number of anilines is 1. The van der Waals surface area contributed by atoms with Crippen molar-refractivity contribution in [3.63, 3.8) is 0 Å². The van der Waals surface area contributed by atoms with E-state index in [4.69, 9.17) is 13.3 Å². The molecule has 0 radical (unpaired) electrons. The van der Waals surface area contributed by atoms with E-state index in [-0.39, 0.29) is 30.7 Å². The van der Waals surface area contributed by atoms with Crippen molar-refractivity contribution in [3.05, 3.63) is 77.7 Å². The number of hydrogen-bond acceptors (Lipinski definition) is 7. The summed E-state index contributed by atoms with van der Waals surface area (Å²) in [5.74, 6) is -0.400. The largest absolute Gasteiger partial charge is 0.459 e. The third-order valence-corrected chi connectivity index (χ3v) is 7.89. The molecule has 1 amide bonds. The van der Waals surface area contributed by atoms with Crippen LogP contribution in [0.1, 0.15) is 48.4 Å². The third-order valence-electron chi connectivity index (χ3n) is 6.66. The minimum Gasteiger partial charge on any atom is -0.459 e. The van der Waals surface area contributed by atoms with Crippen LogP contribution < -0.4 is 9.08 Å². The Bertz CT molecular complexity index is 1400. The lowest BCUT2D eigenvalue weighted by Gasteiger charge is -2.27. The van der Waals surface area contributed by atoms with Gasteiger partial charge in [-0.3, -0.25) is 4.79 Å². The molecule has 8 nitrogen and oxygen atoms in total. The average molecular weight is 581 g/mol. The van der Waals surface area contributed by atoms with Gasteiger partial charge in [0.2, 0.25) is 0 Å². The van der Waals surface area contributed by atoms with Crippen molar-refractivity contribution in [2.45, 2.75) is 50.4 Å². The van der Waals surface area contributed by atoms with Crippen molar-refractivity contribution in [2.75, 3.05) is 31.1 Å². The maximum absolute atomic E-state index is 13.3. The molecule has 216 valence electrons. The molecule has 12 heteroatoms. The number of benzene rings is 2. The number of furan rings is 1. The zero-order valence-corrected chi connectivity index (χ0v) is 23.0. The molecule has 2 heterocycles. The molecule has 2 aromatic carbocycles. The number of ether oxygens (including phenoxy) is 1. The summed E-state index contributed by atoms with van der Waals surface area (Å²) in [6.07, 6.45) is -1.93. The number of carbonyl (C=O) groups excluding carboxylic acids is 1. The normalized spacial score (nSPS) is 15.7. The Labute approximate surface area is 231 Å². The molecule has 1 aliphatic rings. The Hall–Kier alpha value is -3.51. The molecular formula is C28H31F3N2O6S. The molecule has 1 aromatic heterocycles. The van der Waals surface area contributed by atoms with E-state index >= 15 is 0 Å². The number of nitrogens with zero attached hydrogens (tertiary/aromatic N) is 2. The lowest BCUT2D eigenvalue weighted by molar-refractivity contribution is -0.137. The summed E-state index contributed by atoms with van der Waals surface area (Å²) < 4.78 is 82.8. The Morgan fingerprint density at radius 1 is 1.07 bits per heavy atom. The molecule has 0 spiro atoms. The zero-order chi connectivity index (χ0) is 28.9. The molecule has 1 saturated heterocycles. The van der Waals surface area contributed by atoms with Gasteiger partial charge in [-0.25, -0.2) is 0 Å². The molecule has 0 bridgehead atoms. The van der Waals surface area contributed by atoms with Gasteiger partial charge in [0.05, 0.1) is 17.9 Å². The van der Waals surface area contributed by atoms with Gasteiger partial charge in [-0.15, -0.1) is 0 Å². The highest BCUT2D eigenvalue weighted by molar-refractivity contribution is 7.87. The molecule has 4 rings (SSSR count). The highest BCUT2D eigenvalue weighted by Gasteiger charge is 2.33. The molecule has 1 atom stereocenters. The molecule has 40 heavy (non-hydrogen) atoms. The minimum atomic E-state index is -4.73. The van der Waals surface area contributed by atoms with Gasteiger partial charge in [-0.1, -0.05) is 12.1 Å². The second-order valence-corrected chi connectivity index (χ2v) is 10.9. The lowest BCUT2D eigenvalue weighted by atomic mass is 10.1. The summed E-state index contributed by atoms with van der Waals surface area (Å²) in [6, 6.07) is 11.5. The molecular weight excluding hydrogens is 549 g/mol. The number of halogens is 3. The van der Waals surface area contributed by atoms with Gasteiger partial charge >= 0.3 is 16.3 Å². The molecule has 1 unspecified atom stereocenters. The van der Waals surface area contributed by atoms with Crippen molar-refractivity contribution in [2.24, 2.45) is 0 Å². The third kappa shape index (κ3) is 6.97. The van der Waals surface area contributed by atoms with E-state index in [0.29, 0.717) is 37.0 Å². The molecule has 1 aliphatic heterocycles. The van der Waals surface area contributed by atoms with Crippen LogP contribution in [0.3, 0.4) is 0 Å². The van der Waals surface area contributed by atoms with E-state index in [1.54, 1.807) is 18.2 Å². The molecule has 1 fully saturated rings. The standard InChI is InChI=1S/C28H31F3N2O6S/c1-3-32(4-2)22-13-12-20(18-33(19-23-9-6-14-37-23)27(34)25-11-7-15-38-25)26(17-22)39-40(35,36)24-10-5-8-21(16-24)28(29,30)31/h5,7-8,10-13,15-17,23H,3-4,6,9,14,18-19H2,1-2H3. The fourth-order valence-corrected chi connectivity index (χ4v) is 5.55. The van der Waals surface area contributed by atoms with Crippen molar-refractivity contribution in [3.8, 4) is 5.75 Å². The SMILES string of the molecule is CCN(CC)c1ccc(CN(CC2CCCO2)C(=O)c2ccco2)c(OS(=O)(=O)c2cccc(C(F)(F)F)c2)c1. The number of hydrogen-bond donors (Lipinski definition) is 0. The van der Waals surface area contributed by atoms with Crippen molar-refractivity contribution in [1.82, 2.24) is 4.90 Å². The Kier molecular flexibility index (Phi) is 9.09. The van der Waals surface area contributed by atoms with Gasteiger partial charge in [0.25, 0.3) is 5.91 Å². The second kappa shape index (κ2) is 12.3. The highest BCUT2D eigenvalue weighted by Crippen LogP contribution is 2.33. The average Bonchev–Trinajstić information content (AvgIpc) is 3.64. The summed E-state index contributed by atoms with van der Waals surface area (Å²) >= 11 is 0. The summed E-state index contributed by atoms with van der Waals surface area (Å²) in [7, 11) is -4.66. The monoisotopic (exact) mass is 580 g/mol. The smallest absolute Gasteiger partial charge is 0.416 e. The van der Waals surface area contributed by atoms with Crippen LogP contribution in [0, 0.1) is 0 Å². The lowest BCUT2D eigenvalue weighted by Crippen LogP contribution is -2.37. The van der Waals surface area contributed by atoms with Crippen molar-refractivity contribution >= 4 is 21.7 Å². The van der Waals surface area contributed by atoms with Crippen LogP contribution in [0.2, 0.25) is 0 Å². The van der Waals surface area contributed by atoms with Crippen LogP contribution in [0.4, 0.5) is 18.9 Å². The summed E-state index contributed by atoms with van der Waals surface area (Å²) in [5.41, 5.74) is -0.100. The fraction of sp³-hybridized carbons (Fsp3) is 0.393. The van der Waals surface area contributed by atoms with Crippen LogP contribution >= 0.6 is 0 Å². The first-order chi connectivity index (χ1) is 19.0. The predicted molar refractivity (Wildman–Crippen MR) is 142 cm³/mol. The first-order valence-corrected chi connectivity index (χ1v) is 14.4. The van der Waals surface area contributed by atoms with Crippen molar-refractivity contribution in [1.29, 1.82) is 0 Å². The number of amides is 1. The van der Waals surface area contributed by atoms with E-state index in [1.807, 2.05) is 18.7 Å². The van der Waals surface area contributed by atoms with Crippen LogP contribution in [-0.2, 0) is 27.6 Å². The van der Waals surface area contributed by atoms with Gasteiger partial charge in [0, 0.05) is 50.1 Å². The topological polar surface area (TPSA) is 89.3 Å². The number of carbonyl (C=O) groups is 1. The maximum Gasteiger partial charge on any atom is 0.416 e. The Morgan fingerprint density at radius 2 is 1.85 bits per heavy atom. The quantitative estimate of drug-likeness (QED) is 0.268. The van der Waals surface area contributed by atoms with Crippen LogP contribution in [0.15, 0.2) is 70.2 Å². The van der Waals surface area contributed by atoms with Crippen LogP contribution in [0.25, 0.3) is 0 Å². The molecule has 3 aromatic rings. The van der Waals surface area contributed by atoms with Crippen molar-refractivity contribution < 1.29 is 39.7 Å². The summed E-state index contributed by atoms with van der Waals surface area (Å²) in [5, 5.41) is 0. The molecule has 0 N–H and O–H groups in total. The van der Waals surface area contributed by atoms with Gasteiger partial charge in [-0.05, 0) is 63.1 Å². The summed E-state index contributed by atoms with van der Waals surface area (Å²) in [4.78, 5) is 16.1. The number of alkyl halides is 3. The number of rotatable bonds is 11. The van der Waals surface area contributed by atoms with Gasteiger partial charge in [0.1, 0.15) is 10.6 Å². The van der Waals surface area contributed by atoms with Gasteiger partial charge < -0.3 is 23.1 Å². The molecule has 0 aliphatic carbocycles. The predicted octanol–water partition coefficient (Wildman–Crippen LogP) is 5.73. The minimum absolute atomic E-state index is 0.0502. The fourth-order valence-electron chi connectivity index (χ4n) is 4.55. The Balaban J connectivity index is 1.72. The van der Waals surface area contributed by atoms with Gasteiger partial charge in [-0.2, -0.15) is 21.6 Å². The Morgan fingerprint density at radius 3 is 2.48 bits per heavy atom. The first-order valence-electron chi connectivity index (χ1n) is 13.0. The highest BCUT2D eigenvalue weighted by atomic mass is 32.2.